The Morgan fingerprint density at radius 2 is 2.03 bits per heavy atom. The van der Waals surface area contributed by atoms with E-state index in [1.807, 2.05) is 4.57 Å². The number of aliphatic hydroxyl groups excluding tert-OH is 1. The average Bonchev–Trinajstić information content (AvgIpc) is 3.15. The van der Waals surface area contributed by atoms with Gasteiger partial charge in [0.15, 0.2) is 5.82 Å². The lowest BCUT2D eigenvalue weighted by molar-refractivity contribution is 0.0899. The van der Waals surface area contributed by atoms with Gasteiger partial charge in [0, 0.05) is 32.0 Å². The molecule has 0 amide bonds. The fourth-order valence-electron chi connectivity index (χ4n) is 3.43. The molecule has 2 heterocycles. The molecule has 3 N–H and O–H groups in total. The lowest BCUT2D eigenvalue weighted by Gasteiger charge is -2.16. The van der Waals surface area contributed by atoms with E-state index in [-0.39, 0.29) is 18.6 Å². The van der Waals surface area contributed by atoms with Crippen LogP contribution in [0.3, 0.4) is 0 Å². The van der Waals surface area contributed by atoms with Crippen molar-refractivity contribution in [3.63, 3.8) is 0 Å². The first kappa shape index (κ1) is 24.9. The molecule has 0 fully saturated rings. The molecule has 0 saturated heterocycles. The minimum absolute atomic E-state index is 0.181. The predicted molar refractivity (Wildman–Crippen MR) is 132 cm³/mol. The fourth-order valence-corrected chi connectivity index (χ4v) is 4.18. The fraction of sp³-hybridized carbons (Fsp3) is 0.458. The summed E-state index contributed by atoms with van der Waals surface area (Å²) >= 11 is 0. The van der Waals surface area contributed by atoms with E-state index in [0.717, 1.165) is 25.2 Å². The van der Waals surface area contributed by atoms with Crippen LogP contribution in [0.2, 0.25) is 25.7 Å². The lowest BCUT2D eigenvalue weighted by Crippen LogP contribution is -2.22. The van der Waals surface area contributed by atoms with Gasteiger partial charge in [0.1, 0.15) is 30.2 Å². The summed E-state index contributed by atoms with van der Waals surface area (Å²) in [6, 6.07) is 8.09. The van der Waals surface area contributed by atoms with E-state index in [4.69, 9.17) is 15.2 Å². The van der Waals surface area contributed by atoms with Gasteiger partial charge in [-0.3, -0.25) is 4.79 Å². The first-order chi connectivity index (χ1) is 15.7. The zero-order valence-corrected chi connectivity index (χ0v) is 20.9. The molecule has 0 spiro atoms. The maximum absolute atomic E-state index is 11.2. The summed E-state index contributed by atoms with van der Waals surface area (Å²) < 4.78 is 13.4. The van der Waals surface area contributed by atoms with E-state index in [1.54, 1.807) is 30.5 Å². The predicted octanol–water partition coefficient (Wildman–Crippen LogP) is 4.40. The second-order valence-corrected chi connectivity index (χ2v) is 15.0. The highest BCUT2D eigenvalue weighted by atomic mass is 28.3. The first-order valence-electron chi connectivity index (χ1n) is 11.3. The molecule has 0 aliphatic carbocycles. The SMILES string of the molecule is CCCCOc1nc(N)c2c(n1)c(C(O)c1cccc(C=O)c1)cn2COCC[Si](C)(C)C. The van der Waals surface area contributed by atoms with Crippen LogP contribution in [0.1, 0.15) is 47.4 Å². The Kier molecular flexibility index (Phi) is 8.23. The van der Waals surface area contributed by atoms with Crippen molar-refractivity contribution in [2.75, 3.05) is 18.9 Å². The number of carbonyl (C=O) groups excluding carboxylic acids is 1. The van der Waals surface area contributed by atoms with Crippen molar-refractivity contribution in [1.29, 1.82) is 0 Å². The number of rotatable bonds is 12. The Morgan fingerprint density at radius 3 is 2.73 bits per heavy atom. The summed E-state index contributed by atoms with van der Waals surface area (Å²) in [5.74, 6) is 0.264. The summed E-state index contributed by atoms with van der Waals surface area (Å²) in [5.41, 5.74) is 9.03. The third kappa shape index (κ3) is 6.40. The van der Waals surface area contributed by atoms with Crippen molar-refractivity contribution < 1.29 is 19.4 Å². The van der Waals surface area contributed by atoms with Crippen LogP contribution in [0.15, 0.2) is 30.5 Å². The van der Waals surface area contributed by atoms with Crippen molar-refractivity contribution in [1.82, 2.24) is 14.5 Å². The second kappa shape index (κ2) is 10.9. The summed E-state index contributed by atoms with van der Waals surface area (Å²) in [6.07, 6.45) is 3.40. The topological polar surface area (TPSA) is 112 Å². The normalized spacial score (nSPS) is 12.8. The summed E-state index contributed by atoms with van der Waals surface area (Å²) in [7, 11) is -1.22. The van der Waals surface area contributed by atoms with E-state index in [2.05, 4.69) is 36.5 Å². The number of nitrogen functional groups attached to an aromatic ring is 1. The number of nitrogens with two attached hydrogens (primary N) is 1. The molecule has 178 valence electrons. The van der Waals surface area contributed by atoms with E-state index < -0.39 is 14.2 Å². The number of carbonyl (C=O) groups is 1. The number of aldehydes is 1. The van der Waals surface area contributed by atoms with Crippen LogP contribution in [0.4, 0.5) is 5.82 Å². The Bertz CT molecular complexity index is 1090. The van der Waals surface area contributed by atoms with Gasteiger partial charge in [-0.15, -0.1) is 0 Å². The van der Waals surface area contributed by atoms with Crippen molar-refractivity contribution in [3.05, 3.63) is 47.2 Å². The van der Waals surface area contributed by atoms with Crippen LogP contribution in [0.25, 0.3) is 11.0 Å². The van der Waals surface area contributed by atoms with E-state index in [9.17, 15) is 9.90 Å². The molecule has 1 aromatic carbocycles. The molecule has 0 radical (unpaired) electrons. The molecule has 0 aliphatic rings. The average molecular weight is 471 g/mol. The number of anilines is 1. The standard InChI is InChI=1S/C24H34N4O4Si/c1-5-6-10-32-24-26-20-19(22(30)18-9-7-8-17(13-18)15-29)14-28(21(20)23(25)27-24)16-31-11-12-33(2,3)4/h7-9,13-15,22,30H,5-6,10-12,16H2,1-4H3,(H2,25,26,27). The van der Waals surface area contributed by atoms with Gasteiger partial charge in [0.05, 0.1) is 6.61 Å². The van der Waals surface area contributed by atoms with Gasteiger partial charge in [0.25, 0.3) is 0 Å². The molecule has 1 unspecified atom stereocenters. The highest BCUT2D eigenvalue weighted by Crippen LogP contribution is 2.33. The minimum atomic E-state index is -1.22. The first-order valence-corrected chi connectivity index (χ1v) is 15.0. The Labute approximate surface area is 195 Å². The molecule has 0 bridgehead atoms. The van der Waals surface area contributed by atoms with Crippen LogP contribution in [0, 0.1) is 0 Å². The number of hydrogen-bond donors (Lipinski definition) is 2. The van der Waals surface area contributed by atoms with Crippen LogP contribution < -0.4 is 10.5 Å². The maximum atomic E-state index is 11.2. The molecule has 3 rings (SSSR count). The summed E-state index contributed by atoms with van der Waals surface area (Å²) in [6.45, 7) is 10.4. The smallest absolute Gasteiger partial charge is 0.319 e. The molecular formula is C24H34N4O4Si. The zero-order valence-electron chi connectivity index (χ0n) is 19.9. The molecule has 3 aromatic rings. The van der Waals surface area contributed by atoms with Gasteiger partial charge in [-0.05, 0) is 24.1 Å². The van der Waals surface area contributed by atoms with Crippen LogP contribution >= 0.6 is 0 Å². The number of ether oxygens (including phenoxy) is 2. The van der Waals surface area contributed by atoms with E-state index >= 15 is 0 Å². The van der Waals surface area contributed by atoms with Crippen LogP contribution in [-0.2, 0) is 11.5 Å². The molecule has 0 saturated carbocycles. The maximum Gasteiger partial charge on any atom is 0.319 e. The number of hydrogen-bond acceptors (Lipinski definition) is 7. The molecular weight excluding hydrogens is 436 g/mol. The van der Waals surface area contributed by atoms with Gasteiger partial charge in [-0.1, -0.05) is 51.2 Å². The zero-order chi connectivity index (χ0) is 24.0. The molecule has 8 nitrogen and oxygen atoms in total. The molecule has 2 aromatic heterocycles. The van der Waals surface area contributed by atoms with E-state index in [0.29, 0.717) is 40.9 Å². The monoisotopic (exact) mass is 470 g/mol. The van der Waals surface area contributed by atoms with Crippen LogP contribution in [0.5, 0.6) is 6.01 Å². The number of nitrogens with zero attached hydrogens (tertiary/aromatic N) is 3. The van der Waals surface area contributed by atoms with Crippen molar-refractivity contribution in [2.45, 2.75) is 58.3 Å². The van der Waals surface area contributed by atoms with Crippen molar-refractivity contribution >= 4 is 31.2 Å². The summed E-state index contributed by atoms with van der Waals surface area (Å²) in [4.78, 5) is 20.1. The highest BCUT2D eigenvalue weighted by Gasteiger charge is 2.23. The van der Waals surface area contributed by atoms with Crippen molar-refractivity contribution in [2.24, 2.45) is 0 Å². The van der Waals surface area contributed by atoms with E-state index in [1.165, 1.54) is 0 Å². The van der Waals surface area contributed by atoms with Gasteiger partial charge < -0.3 is 24.9 Å². The third-order valence-electron chi connectivity index (χ3n) is 5.36. The Morgan fingerprint density at radius 1 is 1.24 bits per heavy atom. The number of unbranched alkanes of at least 4 members (excludes halogenated alkanes) is 1. The number of aliphatic hydroxyl groups is 1. The molecule has 1 atom stereocenters. The quantitative estimate of drug-likeness (QED) is 0.229. The van der Waals surface area contributed by atoms with Gasteiger partial charge in [-0.2, -0.15) is 9.97 Å². The molecule has 9 heteroatoms. The Balaban J connectivity index is 1.99. The van der Waals surface area contributed by atoms with Gasteiger partial charge in [0.2, 0.25) is 0 Å². The molecule has 33 heavy (non-hydrogen) atoms. The largest absolute Gasteiger partial charge is 0.463 e. The lowest BCUT2D eigenvalue weighted by atomic mass is 10.0. The van der Waals surface area contributed by atoms with Crippen molar-refractivity contribution in [3.8, 4) is 6.01 Å². The number of aromatic nitrogens is 3. The number of benzene rings is 1. The number of fused-ring (bicyclic) bond motifs is 1. The highest BCUT2D eigenvalue weighted by molar-refractivity contribution is 6.76. The Hall–Kier alpha value is -2.75. The van der Waals surface area contributed by atoms with Crippen LogP contribution in [-0.4, -0.2) is 47.2 Å². The third-order valence-corrected chi connectivity index (χ3v) is 7.06. The second-order valence-electron chi connectivity index (χ2n) is 9.38. The van der Waals surface area contributed by atoms with Gasteiger partial charge in [-0.25, -0.2) is 0 Å². The summed E-state index contributed by atoms with van der Waals surface area (Å²) in [5, 5.41) is 11.2. The molecule has 0 aliphatic heterocycles. The van der Waals surface area contributed by atoms with Gasteiger partial charge >= 0.3 is 6.01 Å². The minimum Gasteiger partial charge on any atom is -0.463 e.